The third kappa shape index (κ3) is 5.08. The van der Waals surface area contributed by atoms with E-state index < -0.39 is 5.97 Å². The molecule has 28 heavy (non-hydrogen) atoms. The van der Waals surface area contributed by atoms with Gasteiger partial charge in [0.2, 0.25) is 0 Å². The smallest absolute Gasteiger partial charge is 0.337 e. The molecule has 6 nitrogen and oxygen atoms in total. The first-order valence-electron chi connectivity index (χ1n) is 8.49. The van der Waals surface area contributed by atoms with Gasteiger partial charge in [-0.3, -0.25) is 9.78 Å². The van der Waals surface area contributed by atoms with E-state index in [9.17, 15) is 9.59 Å². The lowest BCUT2D eigenvalue weighted by molar-refractivity contribution is 0.0600. The summed E-state index contributed by atoms with van der Waals surface area (Å²) >= 11 is 5.86. The fraction of sp³-hybridized carbons (Fsp3) is 0.0952. The van der Waals surface area contributed by atoms with Crippen LogP contribution in [-0.4, -0.2) is 24.0 Å². The fourth-order valence-corrected chi connectivity index (χ4v) is 2.64. The number of ether oxygens (including phenoxy) is 1. The Kier molecular flexibility index (Phi) is 6.24. The molecule has 0 fully saturated rings. The molecule has 0 saturated carbocycles. The molecular weight excluding hydrogens is 378 g/mol. The number of rotatable bonds is 6. The third-order valence-corrected chi connectivity index (χ3v) is 4.18. The Labute approximate surface area is 167 Å². The summed E-state index contributed by atoms with van der Waals surface area (Å²) in [5.41, 5.74) is 3.02. The average molecular weight is 396 g/mol. The van der Waals surface area contributed by atoms with E-state index in [1.54, 1.807) is 48.7 Å². The molecule has 0 unspecified atom stereocenters. The molecule has 0 bridgehead atoms. The molecule has 1 amide bonds. The fourth-order valence-electron chi connectivity index (χ4n) is 2.52. The quantitative estimate of drug-likeness (QED) is 0.611. The lowest BCUT2D eigenvalue weighted by atomic mass is 10.2. The van der Waals surface area contributed by atoms with Crippen LogP contribution in [0.5, 0.6) is 0 Å². The molecule has 0 aliphatic carbocycles. The van der Waals surface area contributed by atoms with E-state index in [-0.39, 0.29) is 11.6 Å². The van der Waals surface area contributed by atoms with Crippen molar-refractivity contribution < 1.29 is 14.3 Å². The Bertz CT molecular complexity index is 990. The molecule has 1 heterocycles. The second-order valence-corrected chi connectivity index (χ2v) is 6.37. The van der Waals surface area contributed by atoms with E-state index in [0.29, 0.717) is 28.5 Å². The van der Waals surface area contributed by atoms with Gasteiger partial charge in [-0.15, -0.1) is 0 Å². The standard InChI is InChI=1S/C21H18ClN3O3/c1-28-21(27)15-3-2-4-17(11-15)25-18-9-10-23-19(12-18)20(26)24-13-14-5-7-16(22)8-6-14/h2-12H,13H2,1H3,(H,23,25)(H,24,26). The van der Waals surface area contributed by atoms with Gasteiger partial charge in [0.15, 0.2) is 0 Å². The van der Waals surface area contributed by atoms with Gasteiger partial charge in [0.05, 0.1) is 12.7 Å². The monoisotopic (exact) mass is 395 g/mol. The molecule has 3 aromatic rings. The summed E-state index contributed by atoms with van der Waals surface area (Å²) in [6.07, 6.45) is 1.55. The lowest BCUT2D eigenvalue weighted by Gasteiger charge is -2.10. The van der Waals surface area contributed by atoms with Crippen molar-refractivity contribution in [2.45, 2.75) is 6.54 Å². The minimum Gasteiger partial charge on any atom is -0.465 e. The van der Waals surface area contributed by atoms with Gasteiger partial charge in [0.1, 0.15) is 5.69 Å². The highest BCUT2D eigenvalue weighted by Crippen LogP contribution is 2.18. The van der Waals surface area contributed by atoms with Crippen molar-refractivity contribution in [2.24, 2.45) is 0 Å². The Balaban J connectivity index is 1.67. The van der Waals surface area contributed by atoms with Crippen LogP contribution in [0, 0.1) is 0 Å². The molecule has 0 spiro atoms. The van der Waals surface area contributed by atoms with Gasteiger partial charge in [-0.25, -0.2) is 4.79 Å². The van der Waals surface area contributed by atoms with E-state index in [0.717, 1.165) is 5.56 Å². The predicted octanol–water partition coefficient (Wildman–Crippen LogP) is 4.20. The van der Waals surface area contributed by atoms with Crippen LogP contribution in [0.15, 0.2) is 66.9 Å². The summed E-state index contributed by atoms with van der Waals surface area (Å²) in [6, 6.07) is 17.5. The number of hydrogen-bond acceptors (Lipinski definition) is 5. The number of halogens is 1. The zero-order valence-corrected chi connectivity index (χ0v) is 15.9. The van der Waals surface area contributed by atoms with Gasteiger partial charge in [0, 0.05) is 29.1 Å². The number of pyridine rings is 1. The lowest BCUT2D eigenvalue weighted by Crippen LogP contribution is -2.23. The zero-order valence-electron chi connectivity index (χ0n) is 15.1. The van der Waals surface area contributed by atoms with Gasteiger partial charge < -0.3 is 15.4 Å². The first-order valence-corrected chi connectivity index (χ1v) is 8.87. The van der Waals surface area contributed by atoms with Crippen LogP contribution in [-0.2, 0) is 11.3 Å². The number of nitrogens with one attached hydrogen (secondary N) is 2. The molecule has 0 aliphatic rings. The largest absolute Gasteiger partial charge is 0.465 e. The summed E-state index contributed by atoms with van der Waals surface area (Å²) in [5.74, 6) is -0.706. The average Bonchev–Trinajstić information content (AvgIpc) is 2.73. The zero-order chi connectivity index (χ0) is 19.9. The van der Waals surface area contributed by atoms with Gasteiger partial charge in [-0.1, -0.05) is 29.8 Å². The van der Waals surface area contributed by atoms with Crippen molar-refractivity contribution in [3.63, 3.8) is 0 Å². The van der Waals surface area contributed by atoms with E-state index in [1.807, 2.05) is 18.2 Å². The molecule has 7 heteroatoms. The minimum absolute atomic E-state index is 0.281. The summed E-state index contributed by atoms with van der Waals surface area (Å²) in [5, 5.41) is 6.63. The molecular formula is C21H18ClN3O3. The maximum Gasteiger partial charge on any atom is 0.337 e. The van der Waals surface area contributed by atoms with Crippen molar-refractivity contribution >= 4 is 34.9 Å². The highest BCUT2D eigenvalue weighted by atomic mass is 35.5. The van der Waals surface area contributed by atoms with Crippen LogP contribution >= 0.6 is 11.6 Å². The topological polar surface area (TPSA) is 80.3 Å². The van der Waals surface area contributed by atoms with Crippen LogP contribution in [0.2, 0.25) is 5.02 Å². The van der Waals surface area contributed by atoms with Gasteiger partial charge in [-0.2, -0.15) is 0 Å². The minimum atomic E-state index is -0.416. The molecule has 2 aromatic carbocycles. The number of nitrogens with zero attached hydrogens (tertiary/aromatic N) is 1. The summed E-state index contributed by atoms with van der Waals surface area (Å²) in [6.45, 7) is 0.372. The first-order chi connectivity index (χ1) is 13.5. The number of carbonyl (C=O) groups excluding carboxylic acids is 2. The van der Waals surface area contributed by atoms with E-state index in [1.165, 1.54) is 7.11 Å². The number of anilines is 2. The van der Waals surface area contributed by atoms with Gasteiger partial charge >= 0.3 is 5.97 Å². The molecule has 0 saturated heterocycles. The van der Waals surface area contributed by atoms with E-state index in [4.69, 9.17) is 16.3 Å². The van der Waals surface area contributed by atoms with Crippen LogP contribution < -0.4 is 10.6 Å². The number of carbonyl (C=O) groups is 2. The molecule has 0 aliphatic heterocycles. The number of aromatic nitrogens is 1. The number of hydrogen-bond donors (Lipinski definition) is 2. The molecule has 0 atom stereocenters. The SMILES string of the molecule is COC(=O)c1cccc(Nc2ccnc(C(=O)NCc3ccc(Cl)cc3)c2)c1. The molecule has 2 N–H and O–H groups in total. The Morgan fingerprint density at radius 3 is 2.54 bits per heavy atom. The van der Waals surface area contributed by atoms with Crippen LogP contribution in [0.3, 0.4) is 0 Å². The molecule has 3 rings (SSSR count). The van der Waals surface area contributed by atoms with Crippen LogP contribution in [0.1, 0.15) is 26.4 Å². The molecule has 142 valence electrons. The maximum absolute atomic E-state index is 12.4. The highest BCUT2D eigenvalue weighted by Gasteiger charge is 2.09. The Morgan fingerprint density at radius 2 is 1.79 bits per heavy atom. The van der Waals surface area contributed by atoms with E-state index >= 15 is 0 Å². The Morgan fingerprint density at radius 1 is 1.04 bits per heavy atom. The van der Waals surface area contributed by atoms with Crippen LogP contribution in [0.4, 0.5) is 11.4 Å². The van der Waals surface area contributed by atoms with Crippen LogP contribution in [0.25, 0.3) is 0 Å². The van der Waals surface area contributed by atoms with Crippen molar-refractivity contribution in [1.82, 2.24) is 10.3 Å². The van der Waals surface area contributed by atoms with Crippen molar-refractivity contribution in [3.8, 4) is 0 Å². The Hall–Kier alpha value is -3.38. The molecule has 1 aromatic heterocycles. The first kappa shape index (κ1) is 19.4. The van der Waals surface area contributed by atoms with Gasteiger partial charge in [-0.05, 0) is 48.0 Å². The number of amides is 1. The van der Waals surface area contributed by atoms with Gasteiger partial charge in [0.25, 0.3) is 5.91 Å². The highest BCUT2D eigenvalue weighted by molar-refractivity contribution is 6.30. The summed E-state index contributed by atoms with van der Waals surface area (Å²) in [4.78, 5) is 28.2. The third-order valence-electron chi connectivity index (χ3n) is 3.93. The van der Waals surface area contributed by atoms with Crippen molar-refractivity contribution in [1.29, 1.82) is 0 Å². The van der Waals surface area contributed by atoms with E-state index in [2.05, 4.69) is 15.6 Å². The number of methoxy groups -OCH3 is 1. The second-order valence-electron chi connectivity index (χ2n) is 5.94. The molecule has 0 radical (unpaired) electrons. The normalized spacial score (nSPS) is 10.2. The maximum atomic E-state index is 12.4. The number of esters is 1. The van der Waals surface area contributed by atoms with Crippen molar-refractivity contribution in [2.75, 3.05) is 12.4 Å². The number of benzene rings is 2. The second kappa shape index (κ2) is 9.01. The predicted molar refractivity (Wildman–Crippen MR) is 108 cm³/mol. The summed E-state index contributed by atoms with van der Waals surface area (Å²) in [7, 11) is 1.33. The van der Waals surface area contributed by atoms with Crippen molar-refractivity contribution in [3.05, 3.63) is 88.7 Å². The summed E-state index contributed by atoms with van der Waals surface area (Å²) < 4.78 is 4.72.